The Balaban J connectivity index is 1.63. The lowest BCUT2D eigenvalue weighted by atomic mass is 9.89. The van der Waals surface area contributed by atoms with E-state index in [1.54, 1.807) is 17.0 Å². The third kappa shape index (κ3) is 4.84. The van der Waals surface area contributed by atoms with E-state index in [0.29, 0.717) is 36.6 Å². The van der Waals surface area contributed by atoms with Crippen molar-refractivity contribution in [3.8, 4) is 5.75 Å². The average molecular weight is 404 g/mol. The smallest absolute Gasteiger partial charge is 0.410 e. The predicted octanol–water partition coefficient (Wildman–Crippen LogP) is 3.61. The lowest BCUT2D eigenvalue weighted by molar-refractivity contribution is 0.0869. The van der Waals surface area contributed by atoms with Crippen LogP contribution in [0.15, 0.2) is 53.4 Å². The molecular weight excluding hydrogens is 378 g/mol. The van der Waals surface area contributed by atoms with Crippen LogP contribution in [0.4, 0.5) is 4.79 Å². The average Bonchev–Trinajstić information content (AvgIpc) is 2.72. The molecular formula is C21H25NO5S. The van der Waals surface area contributed by atoms with E-state index >= 15 is 0 Å². The lowest BCUT2D eigenvalue weighted by Gasteiger charge is -2.32. The van der Waals surface area contributed by atoms with E-state index in [0.717, 1.165) is 11.1 Å². The maximum absolute atomic E-state index is 12.3. The highest BCUT2D eigenvalue weighted by atomic mass is 32.2. The molecule has 7 heteroatoms. The van der Waals surface area contributed by atoms with Crippen molar-refractivity contribution in [1.82, 2.24) is 4.90 Å². The van der Waals surface area contributed by atoms with Crippen LogP contribution in [-0.4, -0.2) is 45.9 Å². The molecule has 0 aromatic heterocycles. The van der Waals surface area contributed by atoms with Gasteiger partial charge in [-0.15, -0.1) is 0 Å². The largest absolute Gasteiger partial charge is 0.497 e. The summed E-state index contributed by atoms with van der Waals surface area (Å²) in [6.07, 6.45) is 2.26. The second-order valence-corrected chi connectivity index (χ2v) is 8.96. The quantitative estimate of drug-likeness (QED) is 0.762. The Morgan fingerprint density at radius 1 is 1.11 bits per heavy atom. The number of hydrogen-bond donors (Lipinski definition) is 0. The molecule has 2 aromatic rings. The zero-order valence-electron chi connectivity index (χ0n) is 16.1. The van der Waals surface area contributed by atoms with E-state index in [4.69, 9.17) is 9.47 Å². The van der Waals surface area contributed by atoms with Gasteiger partial charge in [0.15, 0.2) is 9.84 Å². The first-order valence-corrected chi connectivity index (χ1v) is 11.1. The first-order chi connectivity index (χ1) is 13.4. The van der Waals surface area contributed by atoms with Crippen molar-refractivity contribution >= 4 is 15.9 Å². The number of rotatable bonds is 5. The first kappa shape index (κ1) is 20.2. The maximum atomic E-state index is 12.3. The Labute approximate surface area is 166 Å². The Morgan fingerprint density at radius 2 is 1.79 bits per heavy atom. The van der Waals surface area contributed by atoms with Crippen molar-refractivity contribution in [1.29, 1.82) is 0 Å². The molecule has 0 bridgehead atoms. The number of hydrogen-bond acceptors (Lipinski definition) is 5. The Kier molecular flexibility index (Phi) is 6.24. The Bertz CT molecular complexity index is 919. The van der Waals surface area contributed by atoms with Crippen LogP contribution in [-0.2, 0) is 21.2 Å². The molecule has 0 aliphatic carbocycles. The van der Waals surface area contributed by atoms with E-state index in [9.17, 15) is 13.2 Å². The van der Waals surface area contributed by atoms with Gasteiger partial charge in [-0.05, 0) is 42.0 Å². The fraction of sp³-hybridized carbons (Fsp3) is 0.381. The summed E-state index contributed by atoms with van der Waals surface area (Å²) in [6.45, 7) is 1.32. The molecule has 150 valence electrons. The van der Waals surface area contributed by atoms with Gasteiger partial charge in [0.1, 0.15) is 12.4 Å². The summed E-state index contributed by atoms with van der Waals surface area (Å²) in [5, 5.41) is 0. The van der Waals surface area contributed by atoms with Crippen molar-refractivity contribution in [3.63, 3.8) is 0 Å². The molecule has 0 unspecified atom stereocenters. The van der Waals surface area contributed by atoms with E-state index in [1.165, 1.54) is 13.4 Å². The van der Waals surface area contributed by atoms with Crippen LogP contribution >= 0.6 is 0 Å². The van der Waals surface area contributed by atoms with Crippen molar-refractivity contribution in [2.24, 2.45) is 0 Å². The number of amides is 1. The zero-order valence-corrected chi connectivity index (χ0v) is 16.9. The molecule has 1 heterocycles. The monoisotopic (exact) mass is 403 g/mol. The van der Waals surface area contributed by atoms with Gasteiger partial charge in [0.2, 0.25) is 0 Å². The number of likely N-dealkylation sites (tertiary alicyclic amines) is 1. The van der Waals surface area contributed by atoms with Gasteiger partial charge in [0.05, 0.1) is 12.0 Å². The van der Waals surface area contributed by atoms with Crippen LogP contribution in [0.5, 0.6) is 5.75 Å². The number of ether oxygens (including phenoxy) is 2. The third-order valence-corrected chi connectivity index (χ3v) is 6.17. The van der Waals surface area contributed by atoms with Crippen LogP contribution in [0.3, 0.4) is 0 Å². The molecule has 0 saturated carbocycles. The number of nitrogens with zero attached hydrogens (tertiary/aromatic N) is 1. The Morgan fingerprint density at radius 3 is 2.39 bits per heavy atom. The fourth-order valence-corrected chi connectivity index (χ4v) is 4.48. The van der Waals surface area contributed by atoms with Gasteiger partial charge < -0.3 is 14.4 Å². The summed E-state index contributed by atoms with van der Waals surface area (Å²) < 4.78 is 35.0. The minimum absolute atomic E-state index is 0.0776. The van der Waals surface area contributed by atoms with Crippen molar-refractivity contribution in [2.45, 2.75) is 30.3 Å². The van der Waals surface area contributed by atoms with Gasteiger partial charge in [-0.25, -0.2) is 13.2 Å². The third-order valence-electron chi connectivity index (χ3n) is 5.02. The summed E-state index contributed by atoms with van der Waals surface area (Å²) in [4.78, 5) is 14.3. The van der Waals surface area contributed by atoms with Crippen molar-refractivity contribution in [3.05, 3.63) is 59.7 Å². The summed E-state index contributed by atoms with van der Waals surface area (Å²) in [6, 6.07) is 14.7. The second-order valence-electron chi connectivity index (χ2n) is 6.98. The highest BCUT2D eigenvalue weighted by Gasteiger charge is 2.28. The summed E-state index contributed by atoms with van der Waals surface area (Å²) in [5.41, 5.74) is 1.74. The maximum Gasteiger partial charge on any atom is 0.410 e. The molecule has 1 aliphatic heterocycles. The molecule has 1 aliphatic rings. The van der Waals surface area contributed by atoms with Crippen LogP contribution in [0, 0.1) is 0 Å². The molecule has 6 nitrogen and oxygen atoms in total. The van der Waals surface area contributed by atoms with Crippen LogP contribution in [0.1, 0.15) is 29.9 Å². The van der Waals surface area contributed by atoms with Crippen LogP contribution in [0.2, 0.25) is 0 Å². The van der Waals surface area contributed by atoms with Gasteiger partial charge in [-0.3, -0.25) is 0 Å². The number of benzene rings is 2. The van der Waals surface area contributed by atoms with Crippen LogP contribution < -0.4 is 4.74 Å². The van der Waals surface area contributed by atoms with Crippen molar-refractivity contribution < 1.29 is 22.7 Å². The summed E-state index contributed by atoms with van der Waals surface area (Å²) in [5.74, 6) is 0.597. The minimum Gasteiger partial charge on any atom is -0.497 e. The molecule has 3 rings (SSSR count). The molecule has 1 fully saturated rings. The molecule has 0 spiro atoms. The van der Waals surface area contributed by atoms with E-state index in [2.05, 4.69) is 0 Å². The highest BCUT2D eigenvalue weighted by Crippen LogP contribution is 2.34. The predicted molar refractivity (Wildman–Crippen MR) is 106 cm³/mol. The Hall–Kier alpha value is -2.54. The zero-order chi connectivity index (χ0) is 20.1. The minimum atomic E-state index is -3.37. The van der Waals surface area contributed by atoms with E-state index < -0.39 is 9.84 Å². The second kappa shape index (κ2) is 8.65. The molecule has 0 radical (unpaired) electrons. The number of piperidine rings is 1. The SMILES string of the molecule is COc1ccc(C2CCN(C(=O)OCc3ccccc3)CC2)c(S(C)(=O)=O)c1. The molecule has 0 N–H and O–H groups in total. The van der Waals surface area contributed by atoms with Crippen molar-refractivity contribution in [2.75, 3.05) is 26.5 Å². The highest BCUT2D eigenvalue weighted by molar-refractivity contribution is 7.90. The van der Waals surface area contributed by atoms with Crippen LogP contribution in [0.25, 0.3) is 0 Å². The van der Waals surface area contributed by atoms with Gasteiger partial charge in [-0.2, -0.15) is 0 Å². The topological polar surface area (TPSA) is 72.9 Å². The number of methoxy groups -OCH3 is 1. The fourth-order valence-electron chi connectivity index (χ4n) is 3.48. The summed E-state index contributed by atoms with van der Waals surface area (Å²) in [7, 11) is -1.86. The lowest BCUT2D eigenvalue weighted by Crippen LogP contribution is -2.38. The van der Waals surface area contributed by atoms with Gasteiger partial charge in [0, 0.05) is 19.3 Å². The van der Waals surface area contributed by atoms with Gasteiger partial charge in [0.25, 0.3) is 0 Å². The van der Waals surface area contributed by atoms with E-state index in [-0.39, 0.29) is 18.6 Å². The van der Waals surface area contributed by atoms with Gasteiger partial charge >= 0.3 is 6.09 Å². The normalized spacial score (nSPS) is 15.3. The molecule has 2 aromatic carbocycles. The van der Waals surface area contributed by atoms with E-state index in [1.807, 2.05) is 36.4 Å². The summed E-state index contributed by atoms with van der Waals surface area (Å²) >= 11 is 0. The first-order valence-electron chi connectivity index (χ1n) is 9.22. The number of carbonyl (C=O) groups excluding carboxylic acids is 1. The molecule has 0 atom stereocenters. The standard InChI is InChI=1S/C21H25NO5S/c1-26-18-8-9-19(20(14-18)28(2,24)25)17-10-12-22(13-11-17)21(23)27-15-16-6-4-3-5-7-16/h3-9,14,17H,10-13,15H2,1-2H3. The molecule has 1 amide bonds. The molecule has 1 saturated heterocycles. The number of carbonyl (C=O) groups is 1. The van der Waals surface area contributed by atoms with Gasteiger partial charge in [-0.1, -0.05) is 36.4 Å². The molecule has 28 heavy (non-hydrogen) atoms. The number of sulfone groups is 1.